The molecule has 0 aliphatic carbocycles. The Morgan fingerprint density at radius 1 is 1.14 bits per heavy atom. The van der Waals surface area contributed by atoms with E-state index in [1.165, 1.54) is 48.2 Å². The maximum atomic E-state index is 13.5. The first-order valence-corrected chi connectivity index (χ1v) is 12.9. The molecule has 0 spiro atoms. The Hall–Kier alpha value is -3.64. The van der Waals surface area contributed by atoms with Crippen LogP contribution in [0.3, 0.4) is 0 Å². The van der Waals surface area contributed by atoms with Crippen LogP contribution < -0.4 is 11.1 Å². The normalized spacial score (nSPS) is 12.8. The average Bonchev–Trinajstić information content (AvgIpc) is 2.81. The molecule has 12 heteroatoms. The Morgan fingerprint density at radius 3 is 2.24 bits per heavy atom. The lowest BCUT2D eigenvalue weighted by Crippen LogP contribution is -2.57. The molecule has 0 fully saturated rings. The van der Waals surface area contributed by atoms with Gasteiger partial charge in [0.25, 0.3) is 5.69 Å². The van der Waals surface area contributed by atoms with E-state index in [1.54, 1.807) is 32.9 Å². The topological polar surface area (TPSA) is 165 Å². The van der Waals surface area contributed by atoms with Gasteiger partial charge in [0.15, 0.2) is 0 Å². The van der Waals surface area contributed by atoms with E-state index in [0.717, 1.165) is 4.90 Å². The summed E-state index contributed by atoms with van der Waals surface area (Å²) < 4.78 is 5.46. The lowest BCUT2D eigenvalue weighted by molar-refractivity contribution is -0.384. The second kappa shape index (κ2) is 13.1. The standard InChI is InChI=1S/C25H32N4O7S/c1-25(2,3)36-24(33)28(23(32)20(26)15-16-5-11-19(30)12-6-16)21(13-14-37-4)22(31)27-17-7-9-18(10-8-17)29(34)35/h5-12,20-21,30H,13-15,26H2,1-4H3,(H,27,31)/t20-,21-/m0/s1. The molecule has 2 aromatic rings. The number of nitrogens with two attached hydrogens (primary N) is 1. The number of phenols is 1. The highest BCUT2D eigenvalue weighted by Gasteiger charge is 2.39. The van der Waals surface area contributed by atoms with E-state index in [-0.39, 0.29) is 30.0 Å². The number of nitrogens with zero attached hydrogens (tertiary/aromatic N) is 2. The number of anilines is 1. The number of aromatic hydroxyl groups is 1. The van der Waals surface area contributed by atoms with E-state index >= 15 is 0 Å². The highest BCUT2D eigenvalue weighted by atomic mass is 32.2. The van der Waals surface area contributed by atoms with E-state index in [9.17, 15) is 29.6 Å². The van der Waals surface area contributed by atoms with Crippen molar-refractivity contribution in [2.45, 2.75) is 51.3 Å². The summed E-state index contributed by atoms with van der Waals surface area (Å²) in [6.45, 7) is 4.91. The second-order valence-corrected chi connectivity index (χ2v) is 10.2. The fraction of sp³-hybridized carbons (Fsp3) is 0.400. The van der Waals surface area contributed by atoms with Gasteiger partial charge in [-0.2, -0.15) is 11.8 Å². The number of imide groups is 1. The van der Waals surface area contributed by atoms with Crippen molar-refractivity contribution in [3.8, 4) is 5.75 Å². The molecule has 0 bridgehead atoms. The highest BCUT2D eigenvalue weighted by molar-refractivity contribution is 7.98. The number of non-ortho nitro benzene ring substituents is 1. The average molecular weight is 533 g/mol. The summed E-state index contributed by atoms with van der Waals surface area (Å²) >= 11 is 1.43. The molecule has 2 rings (SSSR count). The number of rotatable bonds is 10. The van der Waals surface area contributed by atoms with E-state index in [1.807, 2.05) is 6.26 Å². The predicted octanol–water partition coefficient (Wildman–Crippen LogP) is 3.69. The van der Waals surface area contributed by atoms with Gasteiger partial charge < -0.3 is 20.9 Å². The van der Waals surface area contributed by atoms with Gasteiger partial charge in [0.05, 0.1) is 11.0 Å². The number of ether oxygens (including phenoxy) is 1. The van der Waals surface area contributed by atoms with Crippen molar-refractivity contribution in [1.82, 2.24) is 4.90 Å². The van der Waals surface area contributed by atoms with Gasteiger partial charge in [-0.15, -0.1) is 0 Å². The third-order valence-corrected chi connectivity index (χ3v) is 5.74. The summed E-state index contributed by atoms with van der Waals surface area (Å²) in [5.41, 5.74) is 6.00. The molecule has 4 N–H and O–H groups in total. The van der Waals surface area contributed by atoms with Gasteiger partial charge in [0, 0.05) is 17.8 Å². The minimum absolute atomic E-state index is 0.0532. The molecule has 3 amide bonds. The Bertz CT molecular complexity index is 1100. The summed E-state index contributed by atoms with van der Waals surface area (Å²) in [5, 5.41) is 23.0. The Labute approximate surface area is 219 Å². The fourth-order valence-electron chi connectivity index (χ4n) is 3.33. The molecule has 2 atom stereocenters. The number of carbonyl (C=O) groups is 3. The number of nitro groups is 1. The number of phenolic OH excluding ortho intramolecular Hbond substituents is 1. The number of amides is 3. The highest BCUT2D eigenvalue weighted by Crippen LogP contribution is 2.21. The summed E-state index contributed by atoms with van der Waals surface area (Å²) in [6.07, 6.45) is 0.985. The molecule has 2 aromatic carbocycles. The van der Waals surface area contributed by atoms with Crippen LogP contribution >= 0.6 is 11.8 Å². The third kappa shape index (κ3) is 9.07. The Kier molecular flexibility index (Phi) is 10.4. The van der Waals surface area contributed by atoms with Gasteiger partial charge >= 0.3 is 6.09 Å². The molecule has 0 aromatic heterocycles. The zero-order chi connectivity index (χ0) is 27.8. The smallest absolute Gasteiger partial charge is 0.417 e. The largest absolute Gasteiger partial charge is 0.508 e. The van der Waals surface area contributed by atoms with Crippen LogP contribution in [-0.4, -0.2) is 62.5 Å². The maximum Gasteiger partial charge on any atom is 0.417 e. The molecule has 0 saturated heterocycles. The minimum atomic E-state index is -1.25. The predicted molar refractivity (Wildman–Crippen MR) is 141 cm³/mol. The van der Waals surface area contributed by atoms with Crippen molar-refractivity contribution in [1.29, 1.82) is 0 Å². The summed E-state index contributed by atoms with van der Waals surface area (Å²) in [6, 6.07) is 8.87. The van der Waals surface area contributed by atoms with Crippen LogP contribution in [0.15, 0.2) is 48.5 Å². The van der Waals surface area contributed by atoms with Crippen molar-refractivity contribution in [2.24, 2.45) is 5.73 Å². The monoisotopic (exact) mass is 532 g/mol. The van der Waals surface area contributed by atoms with Crippen molar-refractivity contribution in [3.05, 3.63) is 64.2 Å². The summed E-state index contributed by atoms with van der Waals surface area (Å²) in [4.78, 5) is 51.2. The molecule has 11 nitrogen and oxygen atoms in total. The summed E-state index contributed by atoms with van der Waals surface area (Å²) in [7, 11) is 0. The van der Waals surface area contributed by atoms with Crippen LogP contribution in [0.4, 0.5) is 16.2 Å². The van der Waals surface area contributed by atoms with Gasteiger partial charge in [-0.05, 0) is 75.5 Å². The van der Waals surface area contributed by atoms with Crippen LogP contribution in [0.2, 0.25) is 0 Å². The van der Waals surface area contributed by atoms with Gasteiger partial charge in [0.1, 0.15) is 17.4 Å². The zero-order valence-electron chi connectivity index (χ0n) is 21.2. The van der Waals surface area contributed by atoms with E-state index < -0.39 is 40.5 Å². The zero-order valence-corrected chi connectivity index (χ0v) is 22.0. The molecule has 0 saturated carbocycles. The Morgan fingerprint density at radius 2 is 1.73 bits per heavy atom. The van der Waals surface area contributed by atoms with Crippen molar-refractivity contribution in [3.63, 3.8) is 0 Å². The van der Waals surface area contributed by atoms with Crippen molar-refractivity contribution < 1.29 is 29.2 Å². The van der Waals surface area contributed by atoms with Crippen molar-refractivity contribution in [2.75, 3.05) is 17.3 Å². The number of nitrogens with one attached hydrogen (secondary N) is 1. The van der Waals surface area contributed by atoms with Crippen LogP contribution in [0.25, 0.3) is 0 Å². The first kappa shape index (κ1) is 29.6. The van der Waals surface area contributed by atoms with Crippen LogP contribution in [-0.2, 0) is 20.7 Å². The quantitative estimate of drug-likeness (QED) is 0.305. The van der Waals surface area contributed by atoms with E-state index in [2.05, 4.69) is 5.32 Å². The minimum Gasteiger partial charge on any atom is -0.508 e. The second-order valence-electron chi connectivity index (χ2n) is 9.26. The van der Waals surface area contributed by atoms with Gasteiger partial charge in [-0.1, -0.05) is 12.1 Å². The summed E-state index contributed by atoms with van der Waals surface area (Å²) in [5.74, 6) is -0.969. The first-order valence-electron chi connectivity index (χ1n) is 11.5. The lowest BCUT2D eigenvalue weighted by Gasteiger charge is -2.33. The van der Waals surface area contributed by atoms with E-state index in [0.29, 0.717) is 11.3 Å². The molecule has 0 unspecified atom stereocenters. The van der Waals surface area contributed by atoms with Gasteiger partial charge in [0.2, 0.25) is 11.8 Å². The fourth-order valence-corrected chi connectivity index (χ4v) is 3.79. The van der Waals surface area contributed by atoms with Crippen LogP contribution in [0.5, 0.6) is 5.75 Å². The number of hydrogen-bond acceptors (Lipinski definition) is 9. The van der Waals surface area contributed by atoms with Crippen LogP contribution in [0.1, 0.15) is 32.8 Å². The lowest BCUT2D eigenvalue weighted by atomic mass is 10.0. The Balaban J connectivity index is 2.37. The molecule has 200 valence electrons. The number of nitro benzene ring substituents is 1. The maximum absolute atomic E-state index is 13.5. The first-order chi connectivity index (χ1) is 17.3. The molecule has 0 aliphatic rings. The number of thioether (sulfide) groups is 1. The van der Waals surface area contributed by atoms with Crippen LogP contribution in [0, 0.1) is 10.1 Å². The van der Waals surface area contributed by atoms with Gasteiger partial charge in [-0.3, -0.25) is 19.7 Å². The van der Waals surface area contributed by atoms with E-state index in [4.69, 9.17) is 10.5 Å². The number of carbonyl (C=O) groups excluding carboxylic acids is 3. The van der Waals surface area contributed by atoms with Crippen molar-refractivity contribution >= 4 is 41.0 Å². The SMILES string of the molecule is CSCC[C@@H](C(=O)Nc1ccc([N+](=O)[O-])cc1)N(C(=O)OC(C)(C)C)C(=O)[C@@H](N)Cc1ccc(O)cc1. The number of hydrogen-bond donors (Lipinski definition) is 3. The molecule has 37 heavy (non-hydrogen) atoms. The molecular formula is C25H32N4O7S. The molecule has 0 aliphatic heterocycles. The molecule has 0 radical (unpaired) electrons. The van der Waals surface area contributed by atoms with Gasteiger partial charge in [-0.25, -0.2) is 9.69 Å². The molecular weight excluding hydrogens is 500 g/mol. The third-order valence-electron chi connectivity index (χ3n) is 5.09. The molecule has 0 heterocycles. The number of benzene rings is 2.